The second-order valence-electron chi connectivity index (χ2n) is 6.18. The number of aromatic nitrogens is 2. The molecule has 1 aromatic heterocycles. The molecular weight excluding hydrogens is 329 g/mol. The van der Waals surface area contributed by atoms with Gasteiger partial charge in [0.05, 0.1) is 23.5 Å². The van der Waals surface area contributed by atoms with Crippen LogP contribution in [0.1, 0.15) is 30.9 Å². The largest absolute Gasteiger partial charge is 0.417 e. The normalized spacial score (nSPS) is 20.7. The number of benzene rings is 1. The minimum Gasteiger partial charge on any atom is -0.378 e. The van der Waals surface area contributed by atoms with Crippen molar-refractivity contribution in [2.75, 3.05) is 5.32 Å². The van der Waals surface area contributed by atoms with E-state index in [1.54, 1.807) is 18.6 Å². The van der Waals surface area contributed by atoms with E-state index in [2.05, 4.69) is 17.2 Å². The van der Waals surface area contributed by atoms with Crippen LogP contribution >= 0.6 is 0 Å². The summed E-state index contributed by atoms with van der Waals surface area (Å²) in [7, 11) is 0. The summed E-state index contributed by atoms with van der Waals surface area (Å²) in [5.74, 6) is 0.275. The fourth-order valence-electron chi connectivity index (χ4n) is 3.00. The van der Waals surface area contributed by atoms with Gasteiger partial charge in [0.15, 0.2) is 0 Å². The molecular formula is C18H17F3N4. The Bertz CT molecular complexity index is 816. The van der Waals surface area contributed by atoms with Crippen LogP contribution < -0.4 is 5.32 Å². The average molecular weight is 346 g/mol. The molecule has 1 heterocycles. The van der Waals surface area contributed by atoms with Crippen molar-refractivity contribution in [2.24, 2.45) is 5.92 Å². The van der Waals surface area contributed by atoms with Crippen LogP contribution in [0.25, 0.3) is 5.70 Å². The Morgan fingerprint density at radius 1 is 1.36 bits per heavy atom. The molecule has 0 bridgehead atoms. The Hall–Kier alpha value is -2.75. The summed E-state index contributed by atoms with van der Waals surface area (Å²) in [6.07, 6.45) is 4.53. The molecule has 7 heteroatoms. The number of nitrogens with zero attached hydrogens (tertiary/aromatic N) is 3. The first-order valence-electron chi connectivity index (χ1n) is 7.95. The Balaban J connectivity index is 1.88. The molecule has 1 aromatic carbocycles. The van der Waals surface area contributed by atoms with Crippen LogP contribution in [0.3, 0.4) is 0 Å². The quantitative estimate of drug-likeness (QED) is 0.889. The van der Waals surface area contributed by atoms with Crippen LogP contribution in [-0.2, 0) is 6.18 Å². The standard InChI is InChI=1S/C18H17F3N4/c1-12-2-5-15(25-7-6-23-11-25)9-17(12)24-14-4-3-13(10-22)16(8-14)18(19,20)21/h3-4,6-9,11-12,17,24H,2,5H2,1H3. The summed E-state index contributed by atoms with van der Waals surface area (Å²) in [4.78, 5) is 4.03. The van der Waals surface area contributed by atoms with Crippen molar-refractivity contribution < 1.29 is 13.2 Å². The Kier molecular flexibility index (Phi) is 4.53. The molecule has 3 rings (SSSR count). The number of allylic oxidation sites excluding steroid dienone is 1. The zero-order valence-electron chi connectivity index (χ0n) is 13.6. The molecule has 1 aliphatic rings. The molecule has 1 N–H and O–H groups in total. The minimum absolute atomic E-state index is 0.0971. The minimum atomic E-state index is -4.56. The number of anilines is 1. The zero-order valence-corrected chi connectivity index (χ0v) is 13.6. The maximum Gasteiger partial charge on any atom is 0.417 e. The summed E-state index contributed by atoms with van der Waals surface area (Å²) in [6.45, 7) is 2.06. The highest BCUT2D eigenvalue weighted by Gasteiger charge is 2.34. The van der Waals surface area contributed by atoms with Crippen LogP contribution in [0.5, 0.6) is 0 Å². The summed E-state index contributed by atoms with van der Waals surface area (Å²) >= 11 is 0. The highest BCUT2D eigenvalue weighted by Crippen LogP contribution is 2.35. The second kappa shape index (κ2) is 6.63. The average Bonchev–Trinajstić information content (AvgIpc) is 3.10. The number of nitriles is 1. The lowest BCUT2D eigenvalue weighted by molar-refractivity contribution is -0.137. The van der Waals surface area contributed by atoms with Crippen molar-refractivity contribution in [3.05, 3.63) is 54.1 Å². The fourth-order valence-corrected chi connectivity index (χ4v) is 3.00. The lowest BCUT2D eigenvalue weighted by Gasteiger charge is -2.29. The molecule has 0 saturated heterocycles. The number of hydrogen-bond acceptors (Lipinski definition) is 3. The molecule has 2 aromatic rings. The predicted octanol–water partition coefficient (Wildman–Crippen LogP) is 4.53. The van der Waals surface area contributed by atoms with Gasteiger partial charge in [-0.1, -0.05) is 6.92 Å². The molecule has 130 valence electrons. The Morgan fingerprint density at radius 3 is 2.80 bits per heavy atom. The third-order valence-electron chi connectivity index (χ3n) is 4.46. The molecule has 1 aliphatic carbocycles. The number of nitrogens with one attached hydrogen (secondary N) is 1. The van der Waals surface area contributed by atoms with Crippen LogP contribution in [-0.4, -0.2) is 15.6 Å². The summed E-state index contributed by atoms with van der Waals surface area (Å²) in [6, 6.07) is 5.23. The molecule has 0 radical (unpaired) electrons. The number of hydrogen-bond donors (Lipinski definition) is 1. The van der Waals surface area contributed by atoms with E-state index in [0.29, 0.717) is 5.69 Å². The van der Waals surface area contributed by atoms with Crippen LogP contribution in [0.15, 0.2) is 43.0 Å². The maximum absolute atomic E-state index is 13.1. The molecule has 25 heavy (non-hydrogen) atoms. The van der Waals surface area contributed by atoms with Gasteiger partial charge in [0.1, 0.15) is 0 Å². The summed E-state index contributed by atoms with van der Waals surface area (Å²) < 4.78 is 41.3. The van der Waals surface area contributed by atoms with Gasteiger partial charge in [0, 0.05) is 29.8 Å². The Morgan fingerprint density at radius 2 is 2.16 bits per heavy atom. The number of halogens is 3. The topological polar surface area (TPSA) is 53.6 Å². The zero-order chi connectivity index (χ0) is 18.0. The van der Waals surface area contributed by atoms with E-state index in [1.807, 2.05) is 16.8 Å². The molecule has 0 amide bonds. The van der Waals surface area contributed by atoms with Crippen molar-refractivity contribution in [3.8, 4) is 6.07 Å². The van der Waals surface area contributed by atoms with E-state index in [0.717, 1.165) is 24.6 Å². The fraction of sp³-hybridized carbons (Fsp3) is 0.333. The SMILES string of the molecule is CC1CCC(n2ccnc2)=CC1Nc1ccc(C#N)c(C(F)(F)F)c1. The summed E-state index contributed by atoms with van der Waals surface area (Å²) in [5.41, 5.74) is 0.135. The number of rotatable bonds is 3. The molecule has 0 aliphatic heterocycles. The van der Waals surface area contributed by atoms with Gasteiger partial charge in [-0.25, -0.2) is 4.98 Å². The molecule has 0 spiro atoms. The van der Waals surface area contributed by atoms with Gasteiger partial charge in [-0.05, 0) is 43.0 Å². The van der Waals surface area contributed by atoms with Crippen molar-refractivity contribution in [3.63, 3.8) is 0 Å². The van der Waals surface area contributed by atoms with Gasteiger partial charge in [-0.3, -0.25) is 0 Å². The van der Waals surface area contributed by atoms with E-state index in [1.165, 1.54) is 12.1 Å². The van der Waals surface area contributed by atoms with Gasteiger partial charge in [-0.15, -0.1) is 0 Å². The van der Waals surface area contributed by atoms with Crippen LogP contribution in [0, 0.1) is 17.2 Å². The van der Waals surface area contributed by atoms with Gasteiger partial charge in [0.2, 0.25) is 0 Å². The smallest absolute Gasteiger partial charge is 0.378 e. The van der Waals surface area contributed by atoms with E-state index < -0.39 is 11.7 Å². The van der Waals surface area contributed by atoms with E-state index in [9.17, 15) is 13.2 Å². The van der Waals surface area contributed by atoms with Gasteiger partial charge < -0.3 is 9.88 Å². The lowest BCUT2D eigenvalue weighted by atomic mass is 9.89. The maximum atomic E-state index is 13.1. The Labute approximate surface area is 143 Å². The van der Waals surface area contributed by atoms with Gasteiger partial charge in [-0.2, -0.15) is 18.4 Å². The van der Waals surface area contributed by atoms with Crippen LogP contribution in [0.4, 0.5) is 18.9 Å². The van der Waals surface area contributed by atoms with E-state index in [-0.39, 0.29) is 17.5 Å². The number of imidazole rings is 1. The molecule has 2 unspecified atom stereocenters. The predicted molar refractivity (Wildman–Crippen MR) is 88.5 cm³/mol. The van der Waals surface area contributed by atoms with Gasteiger partial charge >= 0.3 is 6.18 Å². The summed E-state index contributed by atoms with van der Waals surface area (Å²) in [5, 5.41) is 12.1. The molecule has 2 atom stereocenters. The van der Waals surface area contributed by atoms with Gasteiger partial charge in [0.25, 0.3) is 0 Å². The van der Waals surface area contributed by atoms with Crippen molar-refractivity contribution in [2.45, 2.75) is 32.0 Å². The molecule has 4 nitrogen and oxygen atoms in total. The number of alkyl halides is 3. The van der Waals surface area contributed by atoms with E-state index >= 15 is 0 Å². The van der Waals surface area contributed by atoms with E-state index in [4.69, 9.17) is 5.26 Å². The second-order valence-corrected chi connectivity index (χ2v) is 6.18. The lowest BCUT2D eigenvalue weighted by Crippen LogP contribution is -2.29. The first kappa shape index (κ1) is 17.1. The first-order chi connectivity index (χ1) is 11.9. The van der Waals surface area contributed by atoms with Crippen molar-refractivity contribution in [1.82, 2.24) is 9.55 Å². The van der Waals surface area contributed by atoms with Crippen LogP contribution in [0.2, 0.25) is 0 Å². The van der Waals surface area contributed by atoms with Crippen molar-refractivity contribution >= 4 is 11.4 Å². The highest BCUT2D eigenvalue weighted by atomic mass is 19.4. The highest BCUT2D eigenvalue weighted by molar-refractivity contribution is 5.56. The van der Waals surface area contributed by atoms with Crippen molar-refractivity contribution in [1.29, 1.82) is 5.26 Å². The monoisotopic (exact) mass is 346 g/mol. The third kappa shape index (κ3) is 3.68. The molecule has 0 saturated carbocycles. The first-order valence-corrected chi connectivity index (χ1v) is 7.95. The third-order valence-corrected chi connectivity index (χ3v) is 4.46. The molecule has 0 fully saturated rings.